The minimum Gasteiger partial charge on any atom is -0.380 e. The number of halogens is 4. The van der Waals surface area contributed by atoms with E-state index in [4.69, 9.17) is 16.3 Å². The zero-order valence-corrected chi connectivity index (χ0v) is 15.6. The third-order valence-electron chi connectivity index (χ3n) is 4.14. The third kappa shape index (κ3) is 3.97. The highest BCUT2D eigenvalue weighted by Gasteiger charge is 2.32. The fourth-order valence-electron chi connectivity index (χ4n) is 2.84. The summed E-state index contributed by atoms with van der Waals surface area (Å²) in [7, 11) is -3.20. The van der Waals surface area contributed by atoms with E-state index in [1.54, 1.807) is 4.90 Å². The zero-order chi connectivity index (χ0) is 19.8. The van der Waals surface area contributed by atoms with E-state index < -0.39 is 43.3 Å². The zero-order valence-electron chi connectivity index (χ0n) is 14.0. The molecule has 1 aromatic heterocycles. The Morgan fingerprint density at radius 1 is 1.33 bits per heavy atom. The first-order chi connectivity index (χ1) is 12.7. The molecule has 1 fully saturated rings. The van der Waals surface area contributed by atoms with Crippen molar-refractivity contribution < 1.29 is 26.3 Å². The molecule has 11 heteroatoms. The molecule has 6 nitrogen and oxygen atoms in total. The number of rotatable bonds is 5. The first kappa shape index (κ1) is 19.7. The standard InChI is InChI=1S/C16H15ClF3N3O3S/c1-26-9-5-6-23(8-9)11-7-10(18)16(15(20)14(11)17)27(24,25)22-13-4-2-3-12(19)21-13/h2-4,7,9H,5-6,8H2,1H3,(H,21,22). The van der Waals surface area contributed by atoms with Gasteiger partial charge in [-0.15, -0.1) is 0 Å². The maximum atomic E-state index is 14.7. The fraction of sp³-hybridized carbons (Fsp3) is 0.312. The summed E-state index contributed by atoms with van der Waals surface area (Å²) in [4.78, 5) is 3.66. The maximum absolute atomic E-state index is 14.7. The summed E-state index contributed by atoms with van der Waals surface area (Å²) in [6.07, 6.45) is 0.527. The van der Waals surface area contributed by atoms with Crippen molar-refractivity contribution in [1.82, 2.24) is 4.98 Å². The average molecular weight is 422 g/mol. The lowest BCUT2D eigenvalue weighted by Crippen LogP contribution is -2.24. The summed E-state index contributed by atoms with van der Waals surface area (Å²) in [6.45, 7) is 0.821. The van der Waals surface area contributed by atoms with Crippen LogP contribution in [0, 0.1) is 17.6 Å². The molecule has 1 saturated heterocycles. The summed E-state index contributed by atoms with van der Waals surface area (Å²) < 4.78 is 74.2. The number of sulfonamides is 1. The van der Waals surface area contributed by atoms with Crippen LogP contribution >= 0.6 is 11.6 Å². The molecular weight excluding hydrogens is 407 g/mol. The number of pyridine rings is 1. The number of nitrogens with zero attached hydrogens (tertiary/aromatic N) is 2. The number of anilines is 2. The van der Waals surface area contributed by atoms with E-state index in [0.717, 1.165) is 18.2 Å². The lowest BCUT2D eigenvalue weighted by Gasteiger charge is -2.21. The summed E-state index contributed by atoms with van der Waals surface area (Å²) in [5, 5.41) is -0.527. The maximum Gasteiger partial charge on any atom is 0.268 e. The Balaban J connectivity index is 1.98. The van der Waals surface area contributed by atoms with Gasteiger partial charge in [0.25, 0.3) is 10.0 Å². The van der Waals surface area contributed by atoms with Crippen molar-refractivity contribution in [3.63, 3.8) is 0 Å². The Labute approximate surface area is 159 Å². The molecule has 1 unspecified atom stereocenters. The first-order valence-corrected chi connectivity index (χ1v) is 9.69. The van der Waals surface area contributed by atoms with Crippen LogP contribution in [-0.2, 0) is 14.8 Å². The third-order valence-corrected chi connectivity index (χ3v) is 5.89. The monoisotopic (exact) mass is 421 g/mol. The van der Waals surface area contributed by atoms with E-state index in [-0.39, 0.29) is 11.8 Å². The molecule has 0 amide bonds. The van der Waals surface area contributed by atoms with Gasteiger partial charge in [0.2, 0.25) is 5.95 Å². The van der Waals surface area contributed by atoms with E-state index in [0.29, 0.717) is 19.5 Å². The molecular formula is C16H15ClF3N3O3S. The number of ether oxygens (including phenoxy) is 1. The number of hydrogen-bond donors (Lipinski definition) is 1. The molecule has 1 atom stereocenters. The van der Waals surface area contributed by atoms with Crippen molar-refractivity contribution in [2.45, 2.75) is 17.4 Å². The topological polar surface area (TPSA) is 71.5 Å². The molecule has 0 aliphatic carbocycles. The van der Waals surface area contributed by atoms with Crippen molar-refractivity contribution in [3.05, 3.63) is 46.9 Å². The van der Waals surface area contributed by atoms with Gasteiger partial charge in [-0.1, -0.05) is 17.7 Å². The second kappa shape index (κ2) is 7.53. The Hall–Kier alpha value is -2.04. The molecule has 1 N–H and O–H groups in total. The molecule has 2 heterocycles. The van der Waals surface area contributed by atoms with E-state index in [9.17, 15) is 21.6 Å². The number of methoxy groups -OCH3 is 1. The molecule has 1 aromatic carbocycles. The molecule has 0 saturated carbocycles. The highest BCUT2D eigenvalue weighted by molar-refractivity contribution is 7.92. The second-order valence-electron chi connectivity index (χ2n) is 5.88. The van der Waals surface area contributed by atoms with Gasteiger partial charge in [-0.25, -0.2) is 22.2 Å². The molecule has 2 aromatic rings. The van der Waals surface area contributed by atoms with Gasteiger partial charge in [-0.3, -0.25) is 4.72 Å². The highest BCUT2D eigenvalue weighted by atomic mass is 35.5. The molecule has 0 bridgehead atoms. The van der Waals surface area contributed by atoms with Crippen LogP contribution in [0.1, 0.15) is 6.42 Å². The lowest BCUT2D eigenvalue weighted by atomic mass is 10.2. The summed E-state index contributed by atoms with van der Waals surface area (Å²) >= 11 is 5.98. The molecule has 1 aliphatic heterocycles. The van der Waals surface area contributed by atoms with Crippen LogP contribution in [0.5, 0.6) is 0 Å². The number of benzene rings is 1. The minimum absolute atomic E-state index is 0.0362. The molecule has 3 rings (SSSR count). The van der Waals surface area contributed by atoms with Gasteiger partial charge in [-0.05, 0) is 18.6 Å². The van der Waals surface area contributed by atoms with Crippen molar-refractivity contribution in [2.24, 2.45) is 0 Å². The van der Waals surface area contributed by atoms with Crippen LogP contribution in [0.15, 0.2) is 29.2 Å². The fourth-order valence-corrected chi connectivity index (χ4v) is 4.30. The number of aromatic nitrogens is 1. The Kier molecular flexibility index (Phi) is 5.50. The largest absolute Gasteiger partial charge is 0.380 e. The lowest BCUT2D eigenvalue weighted by molar-refractivity contribution is 0.121. The summed E-state index contributed by atoms with van der Waals surface area (Å²) in [6, 6.07) is 4.19. The average Bonchev–Trinajstić information content (AvgIpc) is 3.06. The van der Waals surface area contributed by atoms with E-state index in [2.05, 4.69) is 4.98 Å². The van der Waals surface area contributed by atoms with Crippen molar-refractivity contribution >= 4 is 33.1 Å². The van der Waals surface area contributed by atoms with E-state index >= 15 is 0 Å². The normalized spacial score (nSPS) is 17.4. The molecule has 0 radical (unpaired) electrons. The minimum atomic E-state index is -4.73. The van der Waals surface area contributed by atoms with Gasteiger partial charge in [0.15, 0.2) is 10.7 Å². The number of hydrogen-bond acceptors (Lipinski definition) is 5. The van der Waals surface area contributed by atoms with Crippen molar-refractivity contribution in [1.29, 1.82) is 0 Å². The van der Waals surface area contributed by atoms with E-state index in [1.165, 1.54) is 13.2 Å². The molecule has 27 heavy (non-hydrogen) atoms. The van der Waals surface area contributed by atoms with Crippen molar-refractivity contribution in [2.75, 3.05) is 29.8 Å². The van der Waals surface area contributed by atoms with Crippen LogP contribution in [0.4, 0.5) is 24.7 Å². The van der Waals surface area contributed by atoms with E-state index in [1.807, 2.05) is 4.72 Å². The molecule has 0 spiro atoms. The summed E-state index contributed by atoms with van der Waals surface area (Å²) in [5.41, 5.74) is 0.0362. The SMILES string of the molecule is COC1CCN(c2cc(F)c(S(=O)(=O)Nc3cccc(F)n3)c(F)c2Cl)C1. The Morgan fingerprint density at radius 2 is 2.07 bits per heavy atom. The van der Waals surface area contributed by atoms with Gasteiger partial charge in [0, 0.05) is 26.3 Å². The van der Waals surface area contributed by atoms with Crippen LogP contribution in [0.2, 0.25) is 5.02 Å². The van der Waals surface area contributed by atoms with Gasteiger partial charge in [0.1, 0.15) is 16.7 Å². The Bertz CT molecular complexity index is 975. The Morgan fingerprint density at radius 3 is 2.70 bits per heavy atom. The smallest absolute Gasteiger partial charge is 0.268 e. The molecule has 146 valence electrons. The van der Waals surface area contributed by atoms with Crippen LogP contribution < -0.4 is 9.62 Å². The van der Waals surface area contributed by atoms with Crippen LogP contribution in [-0.4, -0.2) is 39.7 Å². The van der Waals surface area contributed by atoms with Gasteiger partial charge in [-0.2, -0.15) is 4.39 Å². The van der Waals surface area contributed by atoms with Crippen LogP contribution in [0.3, 0.4) is 0 Å². The highest BCUT2D eigenvalue weighted by Crippen LogP contribution is 2.36. The number of nitrogens with one attached hydrogen (secondary N) is 1. The summed E-state index contributed by atoms with van der Waals surface area (Å²) in [5.74, 6) is -4.13. The van der Waals surface area contributed by atoms with Gasteiger partial charge in [0.05, 0.1) is 11.8 Å². The second-order valence-corrected chi connectivity index (χ2v) is 7.88. The van der Waals surface area contributed by atoms with Gasteiger partial charge >= 0.3 is 0 Å². The predicted octanol–water partition coefficient (Wildman–Crippen LogP) is 3.18. The molecule has 1 aliphatic rings. The van der Waals surface area contributed by atoms with Gasteiger partial charge < -0.3 is 9.64 Å². The predicted molar refractivity (Wildman–Crippen MR) is 94.0 cm³/mol. The van der Waals surface area contributed by atoms with Crippen LogP contribution in [0.25, 0.3) is 0 Å². The quantitative estimate of drug-likeness (QED) is 0.593. The van der Waals surface area contributed by atoms with Crippen molar-refractivity contribution in [3.8, 4) is 0 Å². The first-order valence-electron chi connectivity index (χ1n) is 7.83.